The van der Waals surface area contributed by atoms with E-state index in [1.54, 1.807) is 0 Å². The lowest BCUT2D eigenvalue weighted by Gasteiger charge is -2.11. The second-order valence-corrected chi connectivity index (χ2v) is 3.43. The van der Waals surface area contributed by atoms with E-state index < -0.39 is 0 Å². The predicted molar refractivity (Wildman–Crippen MR) is 49.2 cm³/mol. The molecule has 3 radical (unpaired) electrons. The van der Waals surface area contributed by atoms with E-state index >= 15 is 0 Å². The second kappa shape index (κ2) is 3.69. The van der Waals surface area contributed by atoms with E-state index in [1.165, 1.54) is 10.8 Å². The molecule has 1 aromatic carbocycles. The van der Waals surface area contributed by atoms with Gasteiger partial charge in [-0.25, -0.2) is 0 Å². The van der Waals surface area contributed by atoms with Crippen LogP contribution in [0.2, 0.25) is 0 Å². The molecular formula is C9H12NSi. The van der Waals surface area contributed by atoms with E-state index in [4.69, 9.17) is 0 Å². The summed E-state index contributed by atoms with van der Waals surface area (Å²) in [4.78, 5) is 2.15. The maximum atomic E-state index is 3.55. The smallest absolute Gasteiger partial charge is 0.0716 e. The molecule has 0 aromatic heterocycles. The van der Waals surface area contributed by atoms with Gasteiger partial charge in [0.25, 0.3) is 0 Å². The zero-order valence-electron chi connectivity index (χ0n) is 6.96. The van der Waals surface area contributed by atoms with Crippen LogP contribution in [0, 0.1) is 0 Å². The number of nitrogens with zero attached hydrogens (tertiary/aromatic N) is 1. The van der Waals surface area contributed by atoms with E-state index in [0.717, 1.165) is 6.54 Å². The van der Waals surface area contributed by atoms with E-state index in [1.807, 2.05) is 6.07 Å². The third-order valence-electron chi connectivity index (χ3n) is 1.50. The molecule has 11 heavy (non-hydrogen) atoms. The quantitative estimate of drug-likeness (QED) is 0.574. The zero-order valence-corrected chi connectivity index (χ0v) is 7.96. The van der Waals surface area contributed by atoms with Crippen LogP contribution < -0.4 is 5.19 Å². The minimum absolute atomic E-state index is 0.986. The molecule has 0 aliphatic heterocycles. The third-order valence-corrected chi connectivity index (χ3v) is 1.99. The van der Waals surface area contributed by atoms with Crippen molar-refractivity contribution in [3.63, 3.8) is 0 Å². The van der Waals surface area contributed by atoms with Gasteiger partial charge in [-0.1, -0.05) is 29.5 Å². The summed E-state index contributed by atoms with van der Waals surface area (Å²) in [5.74, 6) is 0. The maximum Gasteiger partial charge on any atom is 0.0716 e. The number of hydrogen-bond acceptors (Lipinski definition) is 1. The summed E-state index contributed by atoms with van der Waals surface area (Å²) in [5, 5.41) is 1.18. The van der Waals surface area contributed by atoms with E-state index in [-0.39, 0.29) is 0 Å². The highest BCUT2D eigenvalue weighted by atomic mass is 28.1. The van der Waals surface area contributed by atoms with Crippen LogP contribution in [-0.4, -0.2) is 29.2 Å². The van der Waals surface area contributed by atoms with Gasteiger partial charge in [-0.2, -0.15) is 0 Å². The molecule has 0 aliphatic carbocycles. The standard InChI is InChI=1S/C9H12NSi/c1-10(2)7-8-5-3-4-6-9(8)11/h3-6H,7H2,1-2H3. The summed E-state index contributed by atoms with van der Waals surface area (Å²) in [5.41, 5.74) is 1.33. The largest absolute Gasteiger partial charge is 0.305 e. The van der Waals surface area contributed by atoms with Crippen LogP contribution in [0.3, 0.4) is 0 Å². The fraction of sp³-hybridized carbons (Fsp3) is 0.333. The Labute approximate surface area is 71.5 Å². The van der Waals surface area contributed by atoms with Gasteiger partial charge in [0.05, 0.1) is 10.2 Å². The van der Waals surface area contributed by atoms with Crippen molar-refractivity contribution in [2.24, 2.45) is 0 Å². The summed E-state index contributed by atoms with van der Waals surface area (Å²) in [6.45, 7) is 0.986. The van der Waals surface area contributed by atoms with Gasteiger partial charge < -0.3 is 4.90 Å². The minimum Gasteiger partial charge on any atom is -0.305 e. The number of hydrogen-bond donors (Lipinski definition) is 0. The molecule has 0 heterocycles. The Bertz CT molecular complexity index is 233. The van der Waals surface area contributed by atoms with Gasteiger partial charge in [-0.3, -0.25) is 0 Å². The molecule has 0 amide bonds. The van der Waals surface area contributed by atoms with E-state index in [9.17, 15) is 0 Å². The molecule has 0 aliphatic rings. The summed E-state index contributed by atoms with van der Waals surface area (Å²) >= 11 is 0. The fourth-order valence-corrected chi connectivity index (χ4v) is 1.26. The molecule has 0 fully saturated rings. The van der Waals surface area contributed by atoms with Crippen molar-refractivity contribution in [3.8, 4) is 0 Å². The van der Waals surface area contributed by atoms with E-state index in [2.05, 4.69) is 47.4 Å². The van der Waals surface area contributed by atoms with Crippen LogP contribution in [-0.2, 0) is 6.54 Å². The predicted octanol–water partition coefficient (Wildman–Crippen LogP) is 0.542. The normalized spacial score (nSPS) is 10.5. The number of rotatable bonds is 2. The van der Waals surface area contributed by atoms with Gasteiger partial charge >= 0.3 is 0 Å². The molecule has 1 aromatic rings. The van der Waals surface area contributed by atoms with Crippen molar-refractivity contribution in [3.05, 3.63) is 29.8 Å². The SMILES string of the molecule is CN(C)Cc1ccccc1[Si]. The average molecular weight is 162 g/mol. The third kappa shape index (κ3) is 2.48. The molecule has 0 bridgehead atoms. The van der Waals surface area contributed by atoms with Crippen LogP contribution in [0.25, 0.3) is 0 Å². The molecule has 2 heteroatoms. The molecule has 0 saturated carbocycles. The van der Waals surface area contributed by atoms with Gasteiger partial charge in [0.2, 0.25) is 0 Å². The Balaban J connectivity index is 2.78. The van der Waals surface area contributed by atoms with Crippen molar-refractivity contribution in [2.45, 2.75) is 6.54 Å². The topological polar surface area (TPSA) is 3.24 Å². The molecule has 1 rings (SSSR count). The summed E-state index contributed by atoms with van der Waals surface area (Å²) in [6, 6.07) is 8.28. The average Bonchev–Trinajstić information content (AvgIpc) is 1.93. The van der Waals surface area contributed by atoms with E-state index in [0.29, 0.717) is 0 Å². The van der Waals surface area contributed by atoms with Gasteiger partial charge in [-0.15, -0.1) is 0 Å². The summed E-state index contributed by atoms with van der Waals surface area (Å²) < 4.78 is 0. The Morgan fingerprint density at radius 2 is 1.91 bits per heavy atom. The van der Waals surface area contributed by atoms with Crippen molar-refractivity contribution in [1.82, 2.24) is 4.90 Å². The zero-order chi connectivity index (χ0) is 8.27. The van der Waals surface area contributed by atoms with Gasteiger partial charge in [0.1, 0.15) is 0 Å². The Morgan fingerprint density at radius 1 is 1.27 bits per heavy atom. The van der Waals surface area contributed by atoms with Crippen molar-refractivity contribution in [2.75, 3.05) is 14.1 Å². The molecule has 0 unspecified atom stereocenters. The molecule has 0 spiro atoms. The lowest BCUT2D eigenvalue weighted by atomic mass is 10.2. The lowest BCUT2D eigenvalue weighted by molar-refractivity contribution is 0.403. The minimum atomic E-state index is 0.986. The maximum absolute atomic E-state index is 3.55. The Hall–Kier alpha value is -0.603. The highest BCUT2D eigenvalue weighted by molar-refractivity contribution is 6.33. The first-order valence-electron chi connectivity index (χ1n) is 3.64. The highest BCUT2D eigenvalue weighted by Crippen LogP contribution is 1.96. The molecule has 0 atom stereocenters. The fourth-order valence-electron chi connectivity index (χ4n) is 0.999. The summed E-state index contributed by atoms with van der Waals surface area (Å²) in [6.07, 6.45) is 0. The Kier molecular flexibility index (Phi) is 2.85. The lowest BCUT2D eigenvalue weighted by Crippen LogP contribution is -2.18. The monoisotopic (exact) mass is 162 g/mol. The summed E-state index contributed by atoms with van der Waals surface area (Å²) in [7, 11) is 7.68. The first-order valence-corrected chi connectivity index (χ1v) is 4.14. The Morgan fingerprint density at radius 3 is 2.45 bits per heavy atom. The van der Waals surface area contributed by atoms with Crippen LogP contribution in [0.4, 0.5) is 0 Å². The van der Waals surface area contributed by atoms with Crippen molar-refractivity contribution >= 4 is 15.4 Å². The van der Waals surface area contributed by atoms with Gasteiger partial charge in [0.15, 0.2) is 0 Å². The first-order chi connectivity index (χ1) is 5.20. The number of benzene rings is 1. The molecular weight excluding hydrogens is 150 g/mol. The molecule has 1 nitrogen and oxygen atoms in total. The highest BCUT2D eigenvalue weighted by Gasteiger charge is 1.96. The molecule has 0 N–H and O–H groups in total. The van der Waals surface area contributed by atoms with Crippen LogP contribution in [0.5, 0.6) is 0 Å². The van der Waals surface area contributed by atoms with Gasteiger partial charge in [-0.05, 0) is 19.7 Å². The molecule has 0 saturated heterocycles. The first kappa shape index (κ1) is 8.49. The second-order valence-electron chi connectivity index (χ2n) is 2.89. The van der Waals surface area contributed by atoms with Crippen molar-refractivity contribution < 1.29 is 0 Å². The van der Waals surface area contributed by atoms with Crippen molar-refractivity contribution in [1.29, 1.82) is 0 Å². The van der Waals surface area contributed by atoms with Crippen LogP contribution in [0.1, 0.15) is 5.56 Å². The van der Waals surface area contributed by atoms with Gasteiger partial charge in [0, 0.05) is 6.54 Å². The molecule has 57 valence electrons. The van der Waals surface area contributed by atoms with Crippen LogP contribution in [0.15, 0.2) is 24.3 Å². The van der Waals surface area contributed by atoms with Crippen LogP contribution >= 0.6 is 0 Å².